The summed E-state index contributed by atoms with van der Waals surface area (Å²) in [7, 11) is 1.24. The molecule has 0 spiro atoms. The third kappa shape index (κ3) is 2.63. The highest BCUT2D eigenvalue weighted by Gasteiger charge is 2.07. The van der Waals surface area contributed by atoms with Gasteiger partial charge >= 0.3 is 6.16 Å². The average molecular weight is 201 g/mol. The third-order valence-electron chi connectivity index (χ3n) is 1.45. The molecule has 0 unspecified atom stereocenters. The maximum absolute atomic E-state index is 10.7. The summed E-state index contributed by atoms with van der Waals surface area (Å²) in [4.78, 5) is 10.7. The zero-order valence-corrected chi connectivity index (χ0v) is 8.09. The molecule has 0 aromatic heterocycles. The second-order valence-electron chi connectivity index (χ2n) is 2.49. The first kappa shape index (κ1) is 9.86. The quantitative estimate of drug-likeness (QED) is 0.517. The van der Waals surface area contributed by atoms with Crippen LogP contribution in [-0.2, 0) is 4.74 Å². The molecule has 0 saturated carbocycles. The number of methoxy groups -OCH3 is 1. The molecule has 0 fully saturated rings. The third-order valence-corrected chi connectivity index (χ3v) is 1.76. The molecule has 0 aliphatic carbocycles. The zero-order valence-electron chi connectivity index (χ0n) is 7.33. The molecule has 0 aliphatic heterocycles. The topological polar surface area (TPSA) is 35.5 Å². The number of carbonyl (C=O) groups excluding carboxylic acids is 1. The van der Waals surface area contributed by atoms with E-state index < -0.39 is 6.16 Å². The normalized spacial score (nSPS) is 9.46. The molecule has 0 heterocycles. The van der Waals surface area contributed by atoms with E-state index in [0.717, 1.165) is 5.56 Å². The maximum Gasteiger partial charge on any atom is 0.513 e. The Labute approximate surface area is 81.2 Å². The Morgan fingerprint density at radius 1 is 1.46 bits per heavy atom. The summed E-state index contributed by atoms with van der Waals surface area (Å²) in [6.45, 7) is 1.88. The standard InChI is InChI=1S/C9H9ClO3/c1-6-3-4-7(10)8(5-6)13-9(11)12-2/h3-5H,1-2H3. The summed E-state index contributed by atoms with van der Waals surface area (Å²) in [6, 6.07) is 5.15. The van der Waals surface area contributed by atoms with Crippen LogP contribution in [0.15, 0.2) is 18.2 Å². The lowest BCUT2D eigenvalue weighted by Gasteiger charge is -2.04. The first-order valence-corrected chi connectivity index (χ1v) is 4.03. The maximum atomic E-state index is 10.7. The van der Waals surface area contributed by atoms with Crippen LogP contribution in [0.1, 0.15) is 5.56 Å². The van der Waals surface area contributed by atoms with Gasteiger partial charge in [-0.3, -0.25) is 0 Å². The highest BCUT2D eigenvalue weighted by molar-refractivity contribution is 6.32. The molecule has 0 atom stereocenters. The van der Waals surface area contributed by atoms with Crippen LogP contribution in [0.5, 0.6) is 5.75 Å². The van der Waals surface area contributed by atoms with Gasteiger partial charge in [0.05, 0.1) is 12.1 Å². The number of hydrogen-bond acceptors (Lipinski definition) is 3. The number of rotatable bonds is 1. The van der Waals surface area contributed by atoms with Gasteiger partial charge < -0.3 is 9.47 Å². The van der Waals surface area contributed by atoms with Crippen molar-refractivity contribution in [3.8, 4) is 5.75 Å². The van der Waals surface area contributed by atoms with Crippen molar-refractivity contribution >= 4 is 17.8 Å². The van der Waals surface area contributed by atoms with E-state index in [0.29, 0.717) is 10.8 Å². The van der Waals surface area contributed by atoms with Crippen molar-refractivity contribution in [3.63, 3.8) is 0 Å². The minimum absolute atomic E-state index is 0.313. The smallest absolute Gasteiger partial charge is 0.437 e. The Hall–Kier alpha value is -1.22. The van der Waals surface area contributed by atoms with E-state index in [-0.39, 0.29) is 0 Å². The zero-order chi connectivity index (χ0) is 9.84. The predicted molar refractivity (Wildman–Crippen MR) is 49.2 cm³/mol. The Morgan fingerprint density at radius 3 is 2.77 bits per heavy atom. The van der Waals surface area contributed by atoms with Crippen molar-refractivity contribution in [2.24, 2.45) is 0 Å². The van der Waals surface area contributed by atoms with Gasteiger partial charge in [0.2, 0.25) is 0 Å². The molecule has 13 heavy (non-hydrogen) atoms. The molecule has 1 rings (SSSR count). The SMILES string of the molecule is COC(=O)Oc1cc(C)ccc1Cl. The van der Waals surface area contributed by atoms with Gasteiger partial charge in [0, 0.05) is 0 Å². The fourth-order valence-electron chi connectivity index (χ4n) is 0.820. The van der Waals surface area contributed by atoms with Crippen molar-refractivity contribution in [2.75, 3.05) is 7.11 Å². The van der Waals surface area contributed by atoms with Crippen LogP contribution >= 0.6 is 11.6 Å². The van der Waals surface area contributed by atoms with Gasteiger partial charge in [-0.25, -0.2) is 4.79 Å². The van der Waals surface area contributed by atoms with Crippen LogP contribution in [0.25, 0.3) is 0 Å². The summed E-state index contributed by atoms with van der Waals surface area (Å²) in [5, 5.41) is 0.385. The predicted octanol–water partition coefficient (Wildman–Crippen LogP) is 2.79. The fourth-order valence-corrected chi connectivity index (χ4v) is 0.976. The lowest BCUT2D eigenvalue weighted by Crippen LogP contribution is -2.07. The van der Waals surface area contributed by atoms with Crippen molar-refractivity contribution in [1.29, 1.82) is 0 Å². The van der Waals surface area contributed by atoms with Gasteiger partial charge in [0.25, 0.3) is 0 Å². The van der Waals surface area contributed by atoms with E-state index in [2.05, 4.69) is 4.74 Å². The molecule has 3 nitrogen and oxygen atoms in total. The molecule has 1 aromatic rings. The molecule has 1 aromatic carbocycles. The van der Waals surface area contributed by atoms with Gasteiger partial charge in [-0.15, -0.1) is 0 Å². The van der Waals surface area contributed by atoms with Crippen molar-refractivity contribution in [3.05, 3.63) is 28.8 Å². The first-order chi connectivity index (χ1) is 6.13. The second-order valence-corrected chi connectivity index (χ2v) is 2.90. The summed E-state index contributed by atoms with van der Waals surface area (Å²) < 4.78 is 9.11. The second kappa shape index (κ2) is 4.14. The number of aryl methyl sites for hydroxylation is 1. The summed E-state index contributed by atoms with van der Waals surface area (Å²) in [5.74, 6) is 0.313. The van der Waals surface area contributed by atoms with Crippen molar-refractivity contribution in [1.82, 2.24) is 0 Å². The lowest BCUT2D eigenvalue weighted by molar-refractivity contribution is 0.121. The highest BCUT2D eigenvalue weighted by Crippen LogP contribution is 2.25. The van der Waals surface area contributed by atoms with E-state index in [1.807, 2.05) is 13.0 Å². The van der Waals surface area contributed by atoms with Crippen LogP contribution in [0.2, 0.25) is 5.02 Å². The molecule has 0 amide bonds. The first-order valence-electron chi connectivity index (χ1n) is 3.65. The van der Waals surface area contributed by atoms with E-state index >= 15 is 0 Å². The van der Waals surface area contributed by atoms with E-state index in [1.165, 1.54) is 7.11 Å². The average Bonchev–Trinajstić information content (AvgIpc) is 2.11. The van der Waals surface area contributed by atoms with Gasteiger partial charge in [0.15, 0.2) is 5.75 Å². The Kier molecular flexibility index (Phi) is 3.14. The fraction of sp³-hybridized carbons (Fsp3) is 0.222. The number of halogens is 1. The van der Waals surface area contributed by atoms with Gasteiger partial charge in [-0.2, -0.15) is 0 Å². The summed E-state index contributed by atoms with van der Waals surface area (Å²) in [6.07, 6.45) is -0.771. The van der Waals surface area contributed by atoms with E-state index in [4.69, 9.17) is 16.3 Å². The van der Waals surface area contributed by atoms with Crippen LogP contribution in [0.3, 0.4) is 0 Å². The van der Waals surface area contributed by atoms with Crippen LogP contribution in [-0.4, -0.2) is 13.3 Å². The van der Waals surface area contributed by atoms with Gasteiger partial charge in [-0.05, 0) is 24.6 Å². The van der Waals surface area contributed by atoms with E-state index in [1.54, 1.807) is 12.1 Å². The molecule has 70 valence electrons. The Morgan fingerprint density at radius 2 is 2.15 bits per heavy atom. The summed E-state index contributed by atoms with van der Waals surface area (Å²) in [5.41, 5.74) is 0.961. The largest absolute Gasteiger partial charge is 0.513 e. The van der Waals surface area contributed by atoms with Gasteiger partial charge in [-0.1, -0.05) is 17.7 Å². The Balaban J connectivity index is 2.87. The number of ether oxygens (including phenoxy) is 2. The molecule has 0 saturated heterocycles. The van der Waals surface area contributed by atoms with Crippen molar-refractivity contribution in [2.45, 2.75) is 6.92 Å². The minimum Gasteiger partial charge on any atom is -0.437 e. The number of hydrogen-bond donors (Lipinski definition) is 0. The molecular formula is C9H9ClO3. The molecule has 0 radical (unpaired) electrons. The number of carbonyl (C=O) groups is 1. The van der Waals surface area contributed by atoms with Gasteiger partial charge in [0.1, 0.15) is 0 Å². The number of benzene rings is 1. The molecule has 0 N–H and O–H groups in total. The Bertz CT molecular complexity index is 323. The molecule has 0 bridgehead atoms. The highest BCUT2D eigenvalue weighted by atomic mass is 35.5. The summed E-state index contributed by atoms with van der Waals surface area (Å²) >= 11 is 5.76. The molecule has 0 aliphatic rings. The van der Waals surface area contributed by atoms with Crippen molar-refractivity contribution < 1.29 is 14.3 Å². The lowest BCUT2D eigenvalue weighted by atomic mass is 10.2. The minimum atomic E-state index is -0.771. The van der Waals surface area contributed by atoms with E-state index in [9.17, 15) is 4.79 Å². The monoisotopic (exact) mass is 200 g/mol. The van der Waals surface area contributed by atoms with Crippen LogP contribution in [0.4, 0.5) is 4.79 Å². The van der Waals surface area contributed by atoms with Crippen LogP contribution in [0, 0.1) is 6.92 Å². The molecule has 4 heteroatoms. The van der Waals surface area contributed by atoms with Crippen LogP contribution < -0.4 is 4.74 Å². The molecular weight excluding hydrogens is 192 g/mol.